The Bertz CT molecular complexity index is 135. The Hall–Kier alpha value is -0.0900. The highest BCUT2D eigenvalue weighted by atomic mass is 32.2. The minimum atomic E-state index is 0.723. The molecule has 1 saturated carbocycles. The largest absolute Gasteiger partial charge is 0.0879 e. The Labute approximate surface area is 67.8 Å². The molecule has 1 aliphatic carbocycles. The molecule has 1 aliphatic rings. The molecule has 0 aromatic rings. The van der Waals surface area contributed by atoms with Crippen molar-refractivity contribution in [3.05, 3.63) is 0 Å². The van der Waals surface area contributed by atoms with Crippen molar-refractivity contribution in [3.8, 4) is 11.2 Å². The molecule has 1 rings (SSSR count). The van der Waals surface area contributed by atoms with E-state index < -0.39 is 0 Å². The second kappa shape index (κ2) is 4.68. The molecular formula is C9H14S. The minimum absolute atomic E-state index is 0.723. The summed E-state index contributed by atoms with van der Waals surface area (Å²) in [4.78, 5) is 0. The summed E-state index contributed by atoms with van der Waals surface area (Å²) in [6.07, 6.45) is 8.94. The van der Waals surface area contributed by atoms with E-state index in [1.54, 1.807) is 11.8 Å². The van der Waals surface area contributed by atoms with Crippen LogP contribution >= 0.6 is 11.8 Å². The second-order valence-electron chi connectivity index (χ2n) is 2.79. The van der Waals surface area contributed by atoms with Crippen LogP contribution in [0.15, 0.2) is 0 Å². The van der Waals surface area contributed by atoms with Crippen molar-refractivity contribution in [2.75, 3.05) is 6.26 Å². The summed E-state index contributed by atoms with van der Waals surface area (Å²) in [6.45, 7) is 0. The quantitative estimate of drug-likeness (QED) is 0.483. The van der Waals surface area contributed by atoms with Gasteiger partial charge in [0.2, 0.25) is 0 Å². The molecule has 0 saturated heterocycles. The SMILES string of the molecule is CSC#CC1CCCCC1. The summed E-state index contributed by atoms with van der Waals surface area (Å²) >= 11 is 1.63. The highest BCUT2D eigenvalue weighted by Crippen LogP contribution is 2.22. The van der Waals surface area contributed by atoms with Crippen LogP contribution in [-0.4, -0.2) is 6.26 Å². The van der Waals surface area contributed by atoms with E-state index in [1.165, 1.54) is 32.1 Å². The molecule has 0 heterocycles. The fourth-order valence-electron chi connectivity index (χ4n) is 1.39. The third-order valence-corrected chi connectivity index (χ3v) is 2.29. The van der Waals surface area contributed by atoms with Crippen LogP contribution in [0.4, 0.5) is 0 Å². The fraction of sp³-hybridized carbons (Fsp3) is 0.778. The van der Waals surface area contributed by atoms with Crippen molar-refractivity contribution in [2.45, 2.75) is 32.1 Å². The third kappa shape index (κ3) is 2.66. The highest BCUT2D eigenvalue weighted by molar-refractivity contribution is 8.03. The summed E-state index contributed by atoms with van der Waals surface area (Å²) in [7, 11) is 0. The molecular weight excluding hydrogens is 140 g/mol. The van der Waals surface area contributed by atoms with Crippen LogP contribution < -0.4 is 0 Å². The summed E-state index contributed by atoms with van der Waals surface area (Å²) < 4.78 is 0. The first-order valence-electron chi connectivity index (χ1n) is 3.97. The van der Waals surface area contributed by atoms with E-state index in [9.17, 15) is 0 Å². The molecule has 10 heavy (non-hydrogen) atoms. The van der Waals surface area contributed by atoms with Gasteiger partial charge in [-0.3, -0.25) is 0 Å². The molecule has 0 amide bonds. The molecule has 0 nitrogen and oxygen atoms in total. The Morgan fingerprint density at radius 1 is 1.20 bits per heavy atom. The van der Waals surface area contributed by atoms with E-state index in [-0.39, 0.29) is 0 Å². The number of rotatable bonds is 0. The van der Waals surface area contributed by atoms with E-state index in [1.807, 2.05) is 6.26 Å². The van der Waals surface area contributed by atoms with Crippen LogP contribution in [0.25, 0.3) is 0 Å². The highest BCUT2D eigenvalue weighted by Gasteiger charge is 2.09. The number of hydrogen-bond donors (Lipinski definition) is 0. The van der Waals surface area contributed by atoms with Gasteiger partial charge < -0.3 is 0 Å². The zero-order chi connectivity index (χ0) is 7.23. The number of thioether (sulfide) groups is 1. The van der Waals surface area contributed by atoms with Crippen molar-refractivity contribution in [3.63, 3.8) is 0 Å². The lowest BCUT2D eigenvalue weighted by Gasteiger charge is -2.15. The zero-order valence-electron chi connectivity index (χ0n) is 6.52. The second-order valence-corrected chi connectivity index (χ2v) is 3.40. The molecule has 0 spiro atoms. The lowest BCUT2D eigenvalue weighted by molar-refractivity contribution is 0.430. The standard InChI is InChI=1S/C9H14S/c1-10-8-7-9-5-3-2-4-6-9/h9H,2-6H2,1H3. The van der Waals surface area contributed by atoms with Crippen molar-refractivity contribution in [2.24, 2.45) is 5.92 Å². The van der Waals surface area contributed by atoms with Crippen LogP contribution in [0.3, 0.4) is 0 Å². The maximum Gasteiger partial charge on any atom is 0.0211 e. The lowest BCUT2D eigenvalue weighted by atomic mass is 9.90. The molecule has 0 aromatic carbocycles. The van der Waals surface area contributed by atoms with Gasteiger partial charge in [-0.05, 0) is 24.3 Å². The normalized spacial score (nSPS) is 19.7. The van der Waals surface area contributed by atoms with E-state index in [0.717, 1.165) is 5.92 Å². The van der Waals surface area contributed by atoms with E-state index >= 15 is 0 Å². The molecule has 0 aliphatic heterocycles. The Balaban J connectivity index is 2.25. The molecule has 0 atom stereocenters. The predicted octanol–water partition coefficient (Wildman–Crippen LogP) is 2.89. The molecule has 0 unspecified atom stereocenters. The molecule has 0 bridgehead atoms. The van der Waals surface area contributed by atoms with Gasteiger partial charge in [0.1, 0.15) is 0 Å². The van der Waals surface area contributed by atoms with Gasteiger partial charge in [-0.15, -0.1) is 0 Å². The maximum absolute atomic E-state index is 3.28. The van der Waals surface area contributed by atoms with Crippen molar-refractivity contribution >= 4 is 11.8 Å². The van der Waals surface area contributed by atoms with Gasteiger partial charge >= 0.3 is 0 Å². The van der Waals surface area contributed by atoms with Crippen molar-refractivity contribution < 1.29 is 0 Å². The van der Waals surface area contributed by atoms with E-state index in [4.69, 9.17) is 0 Å². The van der Waals surface area contributed by atoms with Gasteiger partial charge in [-0.25, -0.2) is 0 Å². The number of hydrogen-bond acceptors (Lipinski definition) is 1. The van der Waals surface area contributed by atoms with Crippen LogP contribution in [0.2, 0.25) is 0 Å². The first kappa shape index (κ1) is 8.01. The van der Waals surface area contributed by atoms with Gasteiger partial charge in [-0.2, -0.15) is 0 Å². The summed E-state index contributed by atoms with van der Waals surface area (Å²) in [5.74, 6) is 4.01. The van der Waals surface area contributed by atoms with Crippen molar-refractivity contribution in [1.82, 2.24) is 0 Å². The summed E-state index contributed by atoms with van der Waals surface area (Å²) in [6, 6.07) is 0. The summed E-state index contributed by atoms with van der Waals surface area (Å²) in [5, 5.41) is 3.08. The topological polar surface area (TPSA) is 0 Å². The van der Waals surface area contributed by atoms with Crippen molar-refractivity contribution in [1.29, 1.82) is 0 Å². The lowest BCUT2D eigenvalue weighted by Crippen LogP contribution is -2.02. The minimum Gasteiger partial charge on any atom is -0.0879 e. The van der Waals surface area contributed by atoms with Crippen LogP contribution in [-0.2, 0) is 0 Å². The molecule has 56 valence electrons. The Kier molecular flexibility index (Phi) is 3.75. The van der Waals surface area contributed by atoms with Gasteiger partial charge in [-0.1, -0.05) is 36.9 Å². The predicted molar refractivity (Wildman–Crippen MR) is 47.9 cm³/mol. The molecule has 0 aromatic heterocycles. The third-order valence-electron chi connectivity index (χ3n) is 1.97. The van der Waals surface area contributed by atoms with Gasteiger partial charge in [0.05, 0.1) is 0 Å². The van der Waals surface area contributed by atoms with Gasteiger partial charge in [0, 0.05) is 5.92 Å². The molecule has 0 radical (unpaired) electrons. The first-order chi connectivity index (χ1) is 4.93. The zero-order valence-corrected chi connectivity index (χ0v) is 7.34. The average Bonchev–Trinajstić information content (AvgIpc) is 2.03. The molecule has 0 N–H and O–H groups in total. The van der Waals surface area contributed by atoms with E-state index in [0.29, 0.717) is 0 Å². The summed E-state index contributed by atoms with van der Waals surface area (Å²) in [5.41, 5.74) is 0. The molecule has 1 heteroatoms. The average molecular weight is 154 g/mol. The smallest absolute Gasteiger partial charge is 0.0211 e. The van der Waals surface area contributed by atoms with Crippen LogP contribution in [0.1, 0.15) is 32.1 Å². The van der Waals surface area contributed by atoms with Gasteiger partial charge in [0.15, 0.2) is 0 Å². The maximum atomic E-state index is 3.28. The van der Waals surface area contributed by atoms with Gasteiger partial charge in [0.25, 0.3) is 0 Å². The molecule has 1 fully saturated rings. The monoisotopic (exact) mass is 154 g/mol. The Morgan fingerprint density at radius 2 is 1.90 bits per heavy atom. The fourth-order valence-corrected chi connectivity index (χ4v) is 1.67. The first-order valence-corrected chi connectivity index (χ1v) is 5.19. The van der Waals surface area contributed by atoms with Crippen LogP contribution in [0, 0.1) is 17.1 Å². The van der Waals surface area contributed by atoms with Crippen LogP contribution in [0.5, 0.6) is 0 Å². The van der Waals surface area contributed by atoms with E-state index in [2.05, 4.69) is 11.2 Å². The Morgan fingerprint density at radius 3 is 2.50 bits per heavy atom.